The molecule has 78 valence electrons. The van der Waals surface area contributed by atoms with E-state index in [1.807, 2.05) is 0 Å². The van der Waals surface area contributed by atoms with E-state index >= 15 is 0 Å². The van der Waals surface area contributed by atoms with Crippen LogP contribution in [0.4, 0.5) is 0 Å². The molecule has 0 aromatic heterocycles. The Labute approximate surface area is 85.3 Å². The molecule has 0 aromatic rings. The van der Waals surface area contributed by atoms with Gasteiger partial charge in [-0.25, -0.2) is 0 Å². The molecule has 0 bridgehead atoms. The highest BCUT2D eigenvalue weighted by molar-refractivity contribution is 5.90. The van der Waals surface area contributed by atoms with Crippen LogP contribution in [0.5, 0.6) is 0 Å². The average molecular weight is 194 g/mol. The Kier molecular flexibility index (Phi) is 2.38. The average Bonchev–Trinajstić information content (AvgIpc) is 2.12. The lowest BCUT2D eigenvalue weighted by molar-refractivity contribution is -0.131. The fraction of sp³-hybridized carbons (Fsp3) is 0.750. The zero-order valence-electron chi connectivity index (χ0n) is 8.95. The van der Waals surface area contributed by atoms with E-state index in [0.717, 1.165) is 6.42 Å². The molecule has 3 atom stereocenters. The van der Waals surface area contributed by atoms with Crippen molar-refractivity contribution in [3.05, 3.63) is 12.3 Å². The molecular weight excluding hydrogens is 176 g/mol. The second-order valence-corrected chi connectivity index (χ2v) is 4.92. The van der Waals surface area contributed by atoms with Crippen LogP contribution in [-0.4, -0.2) is 11.4 Å². The van der Waals surface area contributed by atoms with E-state index < -0.39 is 0 Å². The summed E-state index contributed by atoms with van der Waals surface area (Å²) in [4.78, 5) is 11.4. The van der Waals surface area contributed by atoms with Gasteiger partial charge >= 0.3 is 0 Å². The van der Waals surface area contributed by atoms with E-state index in [2.05, 4.69) is 13.8 Å². The minimum atomic E-state index is -0.177. The Balaban J connectivity index is 2.19. The molecule has 2 rings (SSSR count). The number of carbonyl (C=O) groups excluding carboxylic acids is 1. The lowest BCUT2D eigenvalue weighted by atomic mass is 9.69. The summed E-state index contributed by atoms with van der Waals surface area (Å²) in [7, 11) is 0. The zero-order valence-corrected chi connectivity index (χ0v) is 8.95. The summed E-state index contributed by atoms with van der Waals surface area (Å²) < 4.78 is 5.76. The van der Waals surface area contributed by atoms with Gasteiger partial charge in [-0.1, -0.05) is 20.3 Å². The molecule has 1 saturated carbocycles. The fourth-order valence-electron chi connectivity index (χ4n) is 2.74. The third-order valence-corrected chi connectivity index (χ3v) is 3.71. The summed E-state index contributed by atoms with van der Waals surface area (Å²) in [5.41, 5.74) is -0.177. The van der Waals surface area contributed by atoms with E-state index in [4.69, 9.17) is 4.74 Å². The summed E-state index contributed by atoms with van der Waals surface area (Å²) in [6, 6.07) is 0. The number of hydrogen-bond acceptors (Lipinski definition) is 2. The second kappa shape index (κ2) is 3.41. The van der Waals surface area contributed by atoms with Gasteiger partial charge in [0.05, 0.1) is 12.7 Å². The molecule has 0 radical (unpaired) electrons. The molecule has 1 aliphatic heterocycles. The molecule has 0 saturated heterocycles. The van der Waals surface area contributed by atoms with Crippen molar-refractivity contribution in [1.29, 1.82) is 0 Å². The minimum absolute atomic E-state index is 0.177. The first-order chi connectivity index (χ1) is 6.62. The molecule has 1 heterocycles. The van der Waals surface area contributed by atoms with E-state index in [1.54, 1.807) is 12.3 Å². The fourth-order valence-corrected chi connectivity index (χ4v) is 2.74. The van der Waals surface area contributed by atoms with Crippen LogP contribution in [0.1, 0.15) is 39.5 Å². The van der Waals surface area contributed by atoms with Crippen LogP contribution >= 0.6 is 0 Å². The van der Waals surface area contributed by atoms with Gasteiger partial charge in [0.15, 0.2) is 5.78 Å². The molecule has 0 aromatic carbocycles. The van der Waals surface area contributed by atoms with Crippen molar-refractivity contribution in [3.8, 4) is 0 Å². The first-order valence-corrected chi connectivity index (χ1v) is 5.49. The number of ether oxygens (including phenoxy) is 1. The van der Waals surface area contributed by atoms with E-state index in [9.17, 15) is 4.79 Å². The van der Waals surface area contributed by atoms with Gasteiger partial charge in [-0.05, 0) is 24.7 Å². The smallest absolute Gasteiger partial charge is 0.162 e. The SMILES string of the molecule is CC1CCC(C)C2(CC(=O)C=CO2)C1. The molecule has 0 N–H and O–H groups in total. The summed E-state index contributed by atoms with van der Waals surface area (Å²) in [6.07, 6.45) is 7.21. The standard InChI is InChI=1S/C12H18O2/c1-9-3-4-10(2)12(7-9)8-11(13)5-6-14-12/h5-6,9-10H,3-4,7-8H2,1-2H3. The Morgan fingerprint density at radius 3 is 2.93 bits per heavy atom. The van der Waals surface area contributed by atoms with E-state index in [0.29, 0.717) is 18.3 Å². The monoisotopic (exact) mass is 194 g/mol. The van der Waals surface area contributed by atoms with Gasteiger partial charge in [-0.2, -0.15) is 0 Å². The zero-order chi connectivity index (χ0) is 10.2. The first-order valence-electron chi connectivity index (χ1n) is 5.49. The lowest BCUT2D eigenvalue weighted by Crippen LogP contribution is -2.46. The van der Waals surface area contributed by atoms with Crippen molar-refractivity contribution in [3.63, 3.8) is 0 Å². The third-order valence-electron chi connectivity index (χ3n) is 3.71. The Morgan fingerprint density at radius 1 is 1.43 bits per heavy atom. The van der Waals surface area contributed by atoms with E-state index in [-0.39, 0.29) is 11.4 Å². The van der Waals surface area contributed by atoms with Crippen LogP contribution in [-0.2, 0) is 9.53 Å². The van der Waals surface area contributed by atoms with Crippen LogP contribution < -0.4 is 0 Å². The van der Waals surface area contributed by atoms with Crippen molar-refractivity contribution < 1.29 is 9.53 Å². The van der Waals surface area contributed by atoms with Gasteiger partial charge in [-0.15, -0.1) is 0 Å². The maximum absolute atomic E-state index is 11.4. The van der Waals surface area contributed by atoms with Crippen molar-refractivity contribution in [2.24, 2.45) is 11.8 Å². The summed E-state index contributed by atoms with van der Waals surface area (Å²) in [5, 5.41) is 0. The molecule has 2 nitrogen and oxygen atoms in total. The van der Waals surface area contributed by atoms with Gasteiger partial charge in [0.1, 0.15) is 5.60 Å². The molecule has 14 heavy (non-hydrogen) atoms. The van der Waals surface area contributed by atoms with Crippen LogP contribution in [0.2, 0.25) is 0 Å². The molecule has 0 amide bonds. The number of allylic oxidation sites excluding steroid dienone is 1. The molecule has 3 unspecified atom stereocenters. The van der Waals surface area contributed by atoms with E-state index in [1.165, 1.54) is 12.8 Å². The van der Waals surface area contributed by atoms with Crippen LogP contribution in [0.3, 0.4) is 0 Å². The van der Waals surface area contributed by atoms with Gasteiger partial charge in [0, 0.05) is 6.08 Å². The maximum Gasteiger partial charge on any atom is 0.162 e. The third kappa shape index (κ3) is 1.58. The van der Waals surface area contributed by atoms with Gasteiger partial charge in [0.2, 0.25) is 0 Å². The van der Waals surface area contributed by atoms with Crippen molar-refractivity contribution >= 4 is 5.78 Å². The predicted molar refractivity (Wildman–Crippen MR) is 54.8 cm³/mol. The number of hydrogen-bond donors (Lipinski definition) is 0. The quantitative estimate of drug-likeness (QED) is 0.592. The lowest BCUT2D eigenvalue weighted by Gasteiger charge is -2.45. The summed E-state index contributed by atoms with van der Waals surface area (Å²) in [6.45, 7) is 4.46. The Morgan fingerprint density at radius 2 is 2.21 bits per heavy atom. The Bertz CT molecular complexity index is 269. The molecule has 1 aliphatic carbocycles. The largest absolute Gasteiger partial charge is 0.494 e. The molecular formula is C12H18O2. The summed E-state index contributed by atoms with van der Waals surface area (Å²) >= 11 is 0. The first kappa shape index (κ1) is 9.75. The normalized spacial score (nSPS) is 42.6. The number of rotatable bonds is 0. The molecule has 2 heteroatoms. The molecule has 2 aliphatic rings. The van der Waals surface area contributed by atoms with Gasteiger partial charge in [0.25, 0.3) is 0 Å². The second-order valence-electron chi connectivity index (χ2n) is 4.92. The van der Waals surface area contributed by atoms with Crippen molar-refractivity contribution in [1.82, 2.24) is 0 Å². The highest BCUT2D eigenvalue weighted by Gasteiger charge is 2.44. The Hall–Kier alpha value is -0.790. The predicted octanol–water partition coefficient (Wildman–Crippen LogP) is 2.68. The molecule has 1 spiro atoms. The topological polar surface area (TPSA) is 26.3 Å². The van der Waals surface area contributed by atoms with Crippen LogP contribution in [0, 0.1) is 11.8 Å². The summed E-state index contributed by atoms with van der Waals surface area (Å²) in [5.74, 6) is 1.41. The number of ketones is 1. The van der Waals surface area contributed by atoms with Crippen LogP contribution in [0.15, 0.2) is 12.3 Å². The maximum atomic E-state index is 11.4. The van der Waals surface area contributed by atoms with Crippen molar-refractivity contribution in [2.45, 2.75) is 45.1 Å². The number of carbonyl (C=O) groups is 1. The van der Waals surface area contributed by atoms with Gasteiger partial charge in [-0.3, -0.25) is 4.79 Å². The minimum Gasteiger partial charge on any atom is -0.494 e. The highest BCUT2D eigenvalue weighted by atomic mass is 16.5. The van der Waals surface area contributed by atoms with Crippen LogP contribution in [0.25, 0.3) is 0 Å². The molecule has 1 fully saturated rings. The highest BCUT2D eigenvalue weighted by Crippen LogP contribution is 2.43. The van der Waals surface area contributed by atoms with Crippen molar-refractivity contribution in [2.75, 3.05) is 0 Å². The van der Waals surface area contributed by atoms with Gasteiger partial charge < -0.3 is 4.74 Å².